The van der Waals surface area contributed by atoms with Gasteiger partial charge in [-0.05, 0) is 31.2 Å². The first-order chi connectivity index (χ1) is 13.6. The number of benzene rings is 2. The third-order valence-electron chi connectivity index (χ3n) is 3.80. The number of nitrogens with zero attached hydrogens (tertiary/aromatic N) is 2. The largest absolute Gasteiger partial charge is 0.497 e. The smallest absolute Gasteiger partial charge is 0.326 e. The number of hydrogen-bond acceptors (Lipinski definition) is 6. The predicted octanol–water partition coefficient (Wildman–Crippen LogP) is 2.78. The summed E-state index contributed by atoms with van der Waals surface area (Å²) in [7, 11) is 1.56. The van der Waals surface area contributed by atoms with Crippen LogP contribution in [0.1, 0.15) is 6.92 Å². The van der Waals surface area contributed by atoms with E-state index >= 15 is 0 Å². The lowest BCUT2D eigenvalue weighted by Gasteiger charge is -2.06. The molecule has 7 nitrogen and oxygen atoms in total. The van der Waals surface area contributed by atoms with Crippen LogP contribution in [0.5, 0.6) is 11.5 Å². The van der Waals surface area contributed by atoms with Crippen LogP contribution in [-0.4, -0.2) is 36.8 Å². The van der Waals surface area contributed by atoms with Crippen molar-refractivity contribution in [2.75, 3.05) is 20.3 Å². The molecule has 0 aliphatic heterocycles. The number of carbonyl (C=O) groups excluding carboxylic acids is 2. The Morgan fingerprint density at radius 2 is 1.89 bits per heavy atom. The van der Waals surface area contributed by atoms with Gasteiger partial charge in [0.25, 0.3) is 5.91 Å². The van der Waals surface area contributed by atoms with Crippen LogP contribution in [-0.2, 0) is 20.9 Å². The maximum atomic E-state index is 12.3. The van der Waals surface area contributed by atoms with Crippen molar-refractivity contribution in [1.82, 2.24) is 4.57 Å². The topological polar surface area (TPSA) is 79.1 Å². The van der Waals surface area contributed by atoms with Crippen molar-refractivity contribution in [2.24, 2.45) is 4.99 Å². The lowest BCUT2D eigenvalue weighted by atomic mass is 10.3. The van der Waals surface area contributed by atoms with Crippen molar-refractivity contribution in [2.45, 2.75) is 13.5 Å². The monoisotopic (exact) mass is 400 g/mol. The van der Waals surface area contributed by atoms with Gasteiger partial charge in [-0.3, -0.25) is 9.59 Å². The zero-order chi connectivity index (χ0) is 19.9. The van der Waals surface area contributed by atoms with E-state index in [2.05, 4.69) is 4.99 Å². The molecular weight excluding hydrogens is 380 g/mol. The molecule has 0 spiro atoms. The van der Waals surface area contributed by atoms with Gasteiger partial charge in [-0.25, -0.2) is 0 Å². The van der Waals surface area contributed by atoms with E-state index < -0.39 is 5.91 Å². The molecule has 3 rings (SSSR count). The number of esters is 1. The van der Waals surface area contributed by atoms with Crippen molar-refractivity contribution < 1.29 is 23.8 Å². The number of fused-ring (bicyclic) bond motifs is 1. The fraction of sp³-hybridized carbons (Fsp3) is 0.250. The Bertz CT molecular complexity index is 1050. The van der Waals surface area contributed by atoms with E-state index in [1.807, 2.05) is 24.3 Å². The van der Waals surface area contributed by atoms with Gasteiger partial charge >= 0.3 is 5.97 Å². The van der Waals surface area contributed by atoms with E-state index in [1.165, 1.54) is 11.3 Å². The van der Waals surface area contributed by atoms with Crippen molar-refractivity contribution >= 4 is 33.4 Å². The summed E-state index contributed by atoms with van der Waals surface area (Å²) in [4.78, 5) is 28.9. The normalized spacial score (nSPS) is 11.4. The van der Waals surface area contributed by atoms with Gasteiger partial charge in [0.15, 0.2) is 11.4 Å². The van der Waals surface area contributed by atoms with Crippen LogP contribution in [0.3, 0.4) is 0 Å². The zero-order valence-electron chi connectivity index (χ0n) is 15.6. The van der Waals surface area contributed by atoms with E-state index in [0.717, 1.165) is 10.2 Å². The molecule has 0 atom stereocenters. The average Bonchev–Trinajstić information content (AvgIpc) is 3.04. The summed E-state index contributed by atoms with van der Waals surface area (Å²) >= 11 is 1.33. The molecule has 0 radical (unpaired) electrons. The summed E-state index contributed by atoms with van der Waals surface area (Å²) in [5.74, 6) is 0.317. The van der Waals surface area contributed by atoms with Gasteiger partial charge in [0, 0.05) is 6.07 Å². The number of rotatable bonds is 7. The maximum Gasteiger partial charge on any atom is 0.326 e. The number of thiazole rings is 1. The maximum absolute atomic E-state index is 12.3. The standard InChI is InChI=1S/C20H20N2O5S/c1-3-26-19(24)12-22-16-9-4-5-10-17(16)28-20(22)21-18(23)13-27-15-8-6-7-14(11-15)25-2/h4-11H,3,12-13H2,1-2H3. The van der Waals surface area contributed by atoms with Crippen molar-refractivity contribution in [3.8, 4) is 11.5 Å². The highest BCUT2D eigenvalue weighted by molar-refractivity contribution is 7.16. The molecule has 1 amide bonds. The second kappa shape index (κ2) is 9.18. The summed E-state index contributed by atoms with van der Waals surface area (Å²) in [5, 5.41) is 0. The number of carbonyl (C=O) groups is 2. The molecule has 1 aromatic heterocycles. The predicted molar refractivity (Wildman–Crippen MR) is 106 cm³/mol. The van der Waals surface area contributed by atoms with Crippen LogP contribution >= 0.6 is 11.3 Å². The summed E-state index contributed by atoms with van der Waals surface area (Å²) < 4.78 is 18.3. The Morgan fingerprint density at radius 1 is 1.11 bits per heavy atom. The number of ether oxygens (including phenoxy) is 3. The van der Waals surface area contributed by atoms with Gasteiger partial charge in [-0.15, -0.1) is 0 Å². The van der Waals surface area contributed by atoms with E-state index in [9.17, 15) is 9.59 Å². The molecular formula is C20H20N2O5S. The van der Waals surface area contributed by atoms with Gasteiger partial charge in [0.05, 0.1) is 23.9 Å². The number of para-hydroxylation sites is 1. The molecule has 0 saturated carbocycles. The second-order valence-electron chi connectivity index (χ2n) is 5.72. The quantitative estimate of drug-likeness (QED) is 0.570. The first kappa shape index (κ1) is 19.6. The fourth-order valence-electron chi connectivity index (χ4n) is 2.57. The fourth-order valence-corrected chi connectivity index (χ4v) is 3.62. The third-order valence-corrected chi connectivity index (χ3v) is 4.86. The Balaban J connectivity index is 1.83. The average molecular weight is 400 g/mol. The molecule has 0 N–H and O–H groups in total. The van der Waals surface area contributed by atoms with Gasteiger partial charge in [0.1, 0.15) is 18.0 Å². The molecule has 0 aliphatic rings. The zero-order valence-corrected chi connectivity index (χ0v) is 16.4. The van der Waals surface area contributed by atoms with Crippen LogP contribution < -0.4 is 14.3 Å². The van der Waals surface area contributed by atoms with Crippen LogP contribution in [0.4, 0.5) is 0 Å². The first-order valence-electron chi connectivity index (χ1n) is 8.69. The number of methoxy groups -OCH3 is 1. The van der Waals surface area contributed by atoms with Gasteiger partial charge in [-0.2, -0.15) is 4.99 Å². The minimum Gasteiger partial charge on any atom is -0.497 e. The summed E-state index contributed by atoms with van der Waals surface area (Å²) in [6.07, 6.45) is 0. The Kier molecular flexibility index (Phi) is 6.44. The molecule has 0 saturated heterocycles. The third kappa shape index (κ3) is 4.77. The van der Waals surface area contributed by atoms with Crippen LogP contribution in [0.25, 0.3) is 10.2 Å². The van der Waals surface area contributed by atoms with Crippen LogP contribution in [0.15, 0.2) is 53.5 Å². The van der Waals surface area contributed by atoms with Crippen molar-refractivity contribution in [1.29, 1.82) is 0 Å². The Hall–Kier alpha value is -3.13. The highest BCUT2D eigenvalue weighted by Crippen LogP contribution is 2.19. The van der Waals surface area contributed by atoms with Crippen molar-refractivity contribution in [3.63, 3.8) is 0 Å². The number of hydrogen-bond donors (Lipinski definition) is 0. The summed E-state index contributed by atoms with van der Waals surface area (Å²) in [5.41, 5.74) is 0.820. The van der Waals surface area contributed by atoms with Crippen molar-refractivity contribution in [3.05, 3.63) is 53.3 Å². The second-order valence-corrected chi connectivity index (χ2v) is 6.73. The molecule has 0 bridgehead atoms. The van der Waals surface area contributed by atoms with Gasteiger partial charge in [0.2, 0.25) is 0 Å². The van der Waals surface area contributed by atoms with E-state index in [-0.39, 0.29) is 19.1 Å². The SMILES string of the molecule is CCOC(=O)Cn1c(=NC(=O)COc2cccc(OC)c2)sc2ccccc21. The first-order valence-corrected chi connectivity index (χ1v) is 9.50. The Labute approximate surface area is 165 Å². The van der Waals surface area contributed by atoms with Gasteiger partial charge in [-0.1, -0.05) is 29.5 Å². The van der Waals surface area contributed by atoms with E-state index in [4.69, 9.17) is 14.2 Å². The Morgan fingerprint density at radius 3 is 2.68 bits per heavy atom. The van der Waals surface area contributed by atoms with Crippen LogP contribution in [0.2, 0.25) is 0 Å². The highest BCUT2D eigenvalue weighted by Gasteiger charge is 2.12. The molecule has 0 unspecified atom stereocenters. The highest BCUT2D eigenvalue weighted by atomic mass is 32.1. The minimum atomic E-state index is -0.452. The summed E-state index contributed by atoms with van der Waals surface area (Å²) in [6, 6.07) is 14.5. The van der Waals surface area contributed by atoms with Gasteiger partial charge < -0.3 is 18.8 Å². The van der Waals surface area contributed by atoms with Crippen LogP contribution in [0, 0.1) is 0 Å². The molecule has 0 aliphatic carbocycles. The molecule has 146 valence electrons. The molecule has 0 fully saturated rings. The summed E-state index contributed by atoms with van der Waals surface area (Å²) in [6.45, 7) is 1.81. The number of amides is 1. The molecule has 3 aromatic rings. The van der Waals surface area contributed by atoms with E-state index in [1.54, 1.807) is 42.9 Å². The number of aromatic nitrogens is 1. The molecule has 8 heteroatoms. The molecule has 1 heterocycles. The van der Waals surface area contributed by atoms with E-state index in [0.29, 0.717) is 22.9 Å². The molecule has 2 aromatic carbocycles. The lowest BCUT2D eigenvalue weighted by Crippen LogP contribution is -2.24. The molecule has 28 heavy (non-hydrogen) atoms. The minimum absolute atomic E-state index is 0.0132. The lowest BCUT2D eigenvalue weighted by molar-refractivity contribution is -0.143.